The molecule has 0 bridgehead atoms. The zero-order chi connectivity index (χ0) is 15.9. The summed E-state index contributed by atoms with van der Waals surface area (Å²) in [6.07, 6.45) is 1.22. The second-order valence-corrected chi connectivity index (χ2v) is 5.24. The number of hydrogen-bond acceptors (Lipinski definition) is 6. The molecule has 1 heterocycles. The average molecular weight is 297 g/mol. The highest BCUT2D eigenvalue weighted by Crippen LogP contribution is 2.13. The largest absolute Gasteiger partial charge is 0.478 e. The van der Waals surface area contributed by atoms with E-state index in [-0.39, 0.29) is 5.69 Å². The van der Waals surface area contributed by atoms with Crippen molar-refractivity contribution in [3.63, 3.8) is 0 Å². The molecule has 0 fully saturated rings. The summed E-state index contributed by atoms with van der Waals surface area (Å²) in [5.74, 6) is 0.304. The Kier molecular flexibility index (Phi) is 5.89. The third kappa shape index (κ3) is 7.09. The molecule has 0 saturated heterocycles. The number of aromatic nitrogens is 1. The number of carbonyl (C=O) groups is 1. The van der Waals surface area contributed by atoms with E-state index in [0.717, 1.165) is 6.20 Å². The molecule has 0 aliphatic rings. The van der Waals surface area contributed by atoms with Crippen molar-refractivity contribution in [2.24, 2.45) is 0 Å². The minimum atomic E-state index is -0.526. The fourth-order valence-corrected chi connectivity index (χ4v) is 1.32. The van der Waals surface area contributed by atoms with E-state index in [1.165, 1.54) is 12.1 Å². The Labute approximate surface area is 122 Å². The van der Waals surface area contributed by atoms with Gasteiger partial charge in [-0.25, -0.2) is 9.78 Å². The minimum absolute atomic E-state index is 0.0889. The molecule has 21 heavy (non-hydrogen) atoms. The highest BCUT2D eigenvalue weighted by molar-refractivity contribution is 5.67. The molecule has 1 aromatic rings. The standard InChI is InChI=1S/C13H19N3O5/c1-13(2,3)21-12(17)14-7-4-8-20-11-6-5-10(9-15-11)16(18)19/h5-6,9H,4,7-8H2,1-3H3,(H,14,17). The Morgan fingerprint density at radius 2 is 2.14 bits per heavy atom. The van der Waals surface area contributed by atoms with Crippen molar-refractivity contribution in [1.29, 1.82) is 0 Å². The SMILES string of the molecule is CC(C)(C)OC(=O)NCCCOc1ccc([N+](=O)[O-])cn1. The van der Waals surface area contributed by atoms with E-state index >= 15 is 0 Å². The lowest BCUT2D eigenvalue weighted by Crippen LogP contribution is -2.33. The van der Waals surface area contributed by atoms with Gasteiger partial charge in [0, 0.05) is 18.7 Å². The van der Waals surface area contributed by atoms with Gasteiger partial charge in [0.05, 0.1) is 11.5 Å². The second-order valence-electron chi connectivity index (χ2n) is 5.24. The van der Waals surface area contributed by atoms with Crippen LogP contribution in [0.2, 0.25) is 0 Å². The lowest BCUT2D eigenvalue weighted by atomic mass is 10.2. The van der Waals surface area contributed by atoms with E-state index < -0.39 is 16.6 Å². The van der Waals surface area contributed by atoms with Gasteiger partial charge < -0.3 is 14.8 Å². The van der Waals surface area contributed by atoms with Crippen LogP contribution in [-0.4, -0.2) is 34.8 Å². The van der Waals surface area contributed by atoms with E-state index in [2.05, 4.69) is 10.3 Å². The molecule has 8 nitrogen and oxygen atoms in total. The number of alkyl carbamates (subject to hydrolysis) is 1. The van der Waals surface area contributed by atoms with Crippen LogP contribution in [0.1, 0.15) is 27.2 Å². The molecule has 8 heteroatoms. The van der Waals surface area contributed by atoms with E-state index in [4.69, 9.17) is 9.47 Å². The highest BCUT2D eigenvalue weighted by Gasteiger charge is 2.15. The van der Waals surface area contributed by atoms with Gasteiger partial charge in [-0.1, -0.05) is 0 Å². The van der Waals surface area contributed by atoms with Crippen molar-refractivity contribution >= 4 is 11.8 Å². The number of carbonyl (C=O) groups excluding carboxylic acids is 1. The van der Waals surface area contributed by atoms with Gasteiger partial charge in [-0.15, -0.1) is 0 Å². The number of nitrogens with one attached hydrogen (secondary N) is 1. The third-order valence-electron chi connectivity index (χ3n) is 2.17. The molecule has 1 aromatic heterocycles. The molecule has 0 spiro atoms. The van der Waals surface area contributed by atoms with Gasteiger partial charge in [0.2, 0.25) is 5.88 Å². The van der Waals surface area contributed by atoms with Crippen molar-refractivity contribution in [2.45, 2.75) is 32.8 Å². The Morgan fingerprint density at radius 3 is 2.67 bits per heavy atom. The van der Waals surface area contributed by atoms with Crippen LogP contribution in [0.25, 0.3) is 0 Å². The number of pyridine rings is 1. The normalized spacial score (nSPS) is 10.8. The van der Waals surface area contributed by atoms with Gasteiger partial charge in [-0.3, -0.25) is 10.1 Å². The number of nitro groups is 1. The molecular weight excluding hydrogens is 278 g/mol. The fourth-order valence-electron chi connectivity index (χ4n) is 1.32. The molecule has 0 atom stereocenters. The van der Waals surface area contributed by atoms with Gasteiger partial charge >= 0.3 is 6.09 Å². The van der Waals surface area contributed by atoms with E-state index in [9.17, 15) is 14.9 Å². The van der Waals surface area contributed by atoms with Crippen molar-refractivity contribution in [2.75, 3.05) is 13.2 Å². The van der Waals surface area contributed by atoms with E-state index in [0.29, 0.717) is 25.5 Å². The highest BCUT2D eigenvalue weighted by atomic mass is 16.6. The molecule has 116 valence electrons. The summed E-state index contributed by atoms with van der Waals surface area (Å²) >= 11 is 0. The van der Waals surface area contributed by atoms with Crippen LogP contribution in [0.15, 0.2) is 18.3 Å². The predicted molar refractivity (Wildman–Crippen MR) is 75.2 cm³/mol. The zero-order valence-electron chi connectivity index (χ0n) is 12.3. The Balaban J connectivity index is 2.19. The van der Waals surface area contributed by atoms with Crippen molar-refractivity contribution < 1.29 is 19.2 Å². The molecule has 0 aromatic carbocycles. The smallest absolute Gasteiger partial charge is 0.407 e. The van der Waals surface area contributed by atoms with Crippen molar-refractivity contribution in [3.8, 4) is 5.88 Å². The van der Waals surface area contributed by atoms with Crippen LogP contribution >= 0.6 is 0 Å². The summed E-state index contributed by atoms with van der Waals surface area (Å²) in [6, 6.07) is 2.75. The summed E-state index contributed by atoms with van der Waals surface area (Å²) in [4.78, 5) is 25.1. The summed E-state index contributed by atoms with van der Waals surface area (Å²) < 4.78 is 10.4. The third-order valence-corrected chi connectivity index (χ3v) is 2.17. The number of rotatable bonds is 6. The van der Waals surface area contributed by atoms with Gasteiger partial charge in [-0.05, 0) is 27.2 Å². The van der Waals surface area contributed by atoms with Crippen LogP contribution in [0.4, 0.5) is 10.5 Å². The van der Waals surface area contributed by atoms with Crippen LogP contribution in [-0.2, 0) is 4.74 Å². The van der Waals surface area contributed by atoms with Crippen LogP contribution in [0.5, 0.6) is 5.88 Å². The summed E-state index contributed by atoms with van der Waals surface area (Å²) in [7, 11) is 0. The van der Waals surface area contributed by atoms with Gasteiger partial charge in [0.15, 0.2) is 0 Å². The number of nitrogens with zero attached hydrogens (tertiary/aromatic N) is 2. The average Bonchev–Trinajstić information content (AvgIpc) is 2.36. The van der Waals surface area contributed by atoms with Crippen LogP contribution in [0, 0.1) is 10.1 Å². The Bertz CT molecular complexity index is 482. The molecule has 0 saturated carbocycles. The van der Waals surface area contributed by atoms with Crippen LogP contribution < -0.4 is 10.1 Å². The lowest BCUT2D eigenvalue weighted by Gasteiger charge is -2.19. The molecular formula is C13H19N3O5. The van der Waals surface area contributed by atoms with Crippen molar-refractivity contribution in [3.05, 3.63) is 28.4 Å². The summed E-state index contributed by atoms with van der Waals surface area (Å²) in [5.41, 5.74) is -0.613. The molecule has 1 amide bonds. The van der Waals surface area contributed by atoms with Gasteiger partial charge in [0.1, 0.15) is 11.8 Å². The fraction of sp³-hybridized carbons (Fsp3) is 0.538. The number of hydrogen-bond donors (Lipinski definition) is 1. The molecule has 0 unspecified atom stereocenters. The first kappa shape index (κ1) is 16.7. The molecule has 1 rings (SSSR count). The Morgan fingerprint density at radius 1 is 1.43 bits per heavy atom. The van der Waals surface area contributed by atoms with Crippen LogP contribution in [0.3, 0.4) is 0 Å². The maximum Gasteiger partial charge on any atom is 0.407 e. The van der Waals surface area contributed by atoms with E-state index in [1.807, 2.05) is 0 Å². The maximum atomic E-state index is 11.3. The first-order valence-corrected chi connectivity index (χ1v) is 6.48. The molecule has 0 aliphatic heterocycles. The first-order valence-electron chi connectivity index (χ1n) is 6.48. The second kappa shape index (κ2) is 7.41. The van der Waals surface area contributed by atoms with Gasteiger partial charge in [-0.2, -0.15) is 0 Å². The maximum absolute atomic E-state index is 11.3. The number of amides is 1. The quantitative estimate of drug-likeness (QED) is 0.491. The zero-order valence-corrected chi connectivity index (χ0v) is 12.3. The summed E-state index contributed by atoms with van der Waals surface area (Å²) in [5, 5.41) is 13.0. The first-order chi connectivity index (χ1) is 9.78. The monoisotopic (exact) mass is 297 g/mol. The van der Waals surface area contributed by atoms with Gasteiger partial charge in [0.25, 0.3) is 5.69 Å². The minimum Gasteiger partial charge on any atom is -0.478 e. The lowest BCUT2D eigenvalue weighted by molar-refractivity contribution is -0.385. The molecule has 0 aliphatic carbocycles. The number of ether oxygens (including phenoxy) is 2. The predicted octanol–water partition coefficient (Wildman–Crippen LogP) is 2.28. The molecule has 0 radical (unpaired) electrons. The topological polar surface area (TPSA) is 104 Å². The van der Waals surface area contributed by atoms with E-state index in [1.54, 1.807) is 20.8 Å². The van der Waals surface area contributed by atoms with Crippen molar-refractivity contribution in [1.82, 2.24) is 10.3 Å². The summed E-state index contributed by atoms with van der Waals surface area (Å²) in [6.45, 7) is 6.10. The molecule has 1 N–H and O–H groups in total. The Hall–Kier alpha value is -2.38.